The van der Waals surface area contributed by atoms with Gasteiger partial charge in [0.2, 0.25) is 30.1 Å². The van der Waals surface area contributed by atoms with E-state index in [-0.39, 0.29) is 104 Å². The first-order chi connectivity index (χ1) is 55.3. The number of fused-ring (bicyclic) bond motifs is 8. The number of aromatic nitrogens is 8. The van der Waals surface area contributed by atoms with Crippen LogP contribution in [0.25, 0.3) is 0 Å². The van der Waals surface area contributed by atoms with Crippen LogP contribution >= 0.6 is 11.6 Å². The van der Waals surface area contributed by atoms with Crippen molar-refractivity contribution in [2.75, 3.05) is 129 Å². The number of hydrogen-bond acceptors (Lipinski definition) is 28. The lowest BCUT2D eigenvalue weighted by Gasteiger charge is -2.33. The summed E-state index contributed by atoms with van der Waals surface area (Å²) in [6.45, 7) is 2.62. The lowest BCUT2D eigenvalue weighted by Crippen LogP contribution is -2.37. The van der Waals surface area contributed by atoms with Crippen molar-refractivity contribution in [1.82, 2.24) is 39.9 Å². The van der Waals surface area contributed by atoms with Crippen molar-refractivity contribution in [3.8, 4) is 23.5 Å². The highest BCUT2D eigenvalue weighted by Crippen LogP contribution is 2.41. The topological polar surface area (TPSA) is 410 Å². The molecule has 8 aromatic rings. The first-order valence-corrected chi connectivity index (χ1v) is 37.0. The Morgan fingerprint density at radius 2 is 0.765 bits per heavy atom. The predicted molar refractivity (Wildman–Crippen MR) is 399 cm³/mol. The fraction of sp³-hybridized carbons (Fsp3) is 0.395. The van der Waals surface area contributed by atoms with E-state index in [1.165, 1.54) is 47.6 Å². The van der Waals surface area contributed by atoms with Gasteiger partial charge in [-0.1, -0.05) is 41.0 Å². The van der Waals surface area contributed by atoms with Crippen molar-refractivity contribution < 1.29 is 97.9 Å². The summed E-state index contributed by atoms with van der Waals surface area (Å²) in [4.78, 5) is 110. The van der Waals surface area contributed by atoms with E-state index < -0.39 is 37.1 Å². The maximum atomic E-state index is 13.1. The summed E-state index contributed by atoms with van der Waals surface area (Å²) >= 11 is 6.14. The fourth-order valence-corrected chi connectivity index (χ4v) is 15.0. The largest absolute Gasteiger partial charge is 0.475 e. The van der Waals surface area contributed by atoms with Gasteiger partial charge in [-0.2, -0.15) is 26.3 Å². The van der Waals surface area contributed by atoms with E-state index in [0.717, 1.165) is 77.8 Å². The first kappa shape index (κ1) is 80.1. The van der Waals surface area contributed by atoms with Crippen molar-refractivity contribution in [2.45, 2.75) is 101 Å². The van der Waals surface area contributed by atoms with Crippen LogP contribution in [0.4, 0.5) is 66.5 Å². The second kappa shape index (κ2) is 34.3. The number of carbonyl (C=O) groups is 5. The second-order valence-electron chi connectivity index (χ2n) is 27.6. The molecular formula is C76H76ClF6N17O15. The number of oxime groups is 1. The summed E-state index contributed by atoms with van der Waals surface area (Å²) in [7, 11) is 0. The number of halogens is 7. The van der Waals surface area contributed by atoms with Gasteiger partial charge in [0.25, 0.3) is 23.6 Å². The van der Waals surface area contributed by atoms with Crippen LogP contribution < -0.4 is 61.6 Å². The van der Waals surface area contributed by atoms with Gasteiger partial charge in [-0.25, -0.2) is 45.8 Å². The molecule has 115 heavy (non-hydrogen) atoms. The Bertz CT molecular complexity index is 4910. The highest BCUT2D eigenvalue weighted by molar-refractivity contribution is 6.33. The van der Waals surface area contributed by atoms with Crippen LogP contribution in [0.1, 0.15) is 112 Å². The van der Waals surface area contributed by atoms with Crippen LogP contribution in [0.15, 0.2) is 103 Å². The molecule has 0 radical (unpaired) electrons. The average Bonchev–Trinajstić information content (AvgIpc) is 1.65. The Hall–Kier alpha value is -11.6. The standard InChI is InChI=1S/C19H18ClN3O4.C19H18F3N5O3.C19H20N4O4.C17H16N4O3.C2H4F3NO/c20-16-15-17(22-11-21-16)25-6-5-23(18(15)24)14-2-1-13-10-19(26-7-8-27-19)4-3-12(13)9-14;20-19(21,22)9-30-26-13-3-1-12-8-14(4-2-11(12)7-13)27-5-6-29-17-15(18(27)28)16(23)24-10-25-17;20-16-15-17(22-11-21-16)25-6-5-23(18(15)24)14-2-1-13-10-19(26-7-8-27-19)4-3-12(13)9-14;18-15-14-16(20-9-19-15)24-6-5-21(17(14)23)12-3-1-11-8-13(22)4-2-10(11)7-12;3-2(4,5)1-7-6/h1-2,9,11H,3-8,10H2;2,4,8,10H,1,3,5-7,9H2,(H2,23,24,25);1-2,9,11H,3-8,10H2,(H2,20,21,22);1,3,7,9H,2,4-6,8H2,(H2,18,19,20);1,6H2/b;26-13+;;;. The molecule has 4 amide bonds. The van der Waals surface area contributed by atoms with E-state index in [0.29, 0.717) is 122 Å². The maximum absolute atomic E-state index is 13.1. The molecule has 39 heteroatoms. The van der Waals surface area contributed by atoms with Crippen molar-refractivity contribution in [2.24, 2.45) is 11.1 Å². The number of nitrogen functional groups attached to an aromatic ring is 3. The Labute approximate surface area is 656 Å². The van der Waals surface area contributed by atoms with Crippen molar-refractivity contribution in [3.63, 3.8) is 0 Å². The number of anilines is 7. The average molecular weight is 1620 g/mol. The van der Waals surface area contributed by atoms with Crippen LogP contribution in [-0.4, -0.2) is 191 Å². The number of alkyl halides is 6. The Kier molecular flexibility index (Phi) is 23.8. The maximum Gasteiger partial charge on any atom is 0.425 e. The monoisotopic (exact) mass is 1620 g/mol. The molecule has 8 N–H and O–H groups in total. The molecule has 2 fully saturated rings. The zero-order valence-corrected chi connectivity index (χ0v) is 62.3. The number of aryl methyl sites for hydroxylation is 4. The van der Waals surface area contributed by atoms with Gasteiger partial charge in [0.15, 0.2) is 18.2 Å². The quantitative estimate of drug-likeness (QED) is 0.0670. The molecule has 0 atom stereocenters. The molecule has 0 saturated carbocycles. The molecule has 2 saturated heterocycles. The second-order valence-corrected chi connectivity index (χ2v) is 28.0. The summed E-state index contributed by atoms with van der Waals surface area (Å²) < 4.78 is 115. The minimum Gasteiger partial charge on any atom is -0.475 e. The molecule has 18 rings (SSSR count). The van der Waals surface area contributed by atoms with E-state index >= 15 is 0 Å². The molecular weight excluding hydrogens is 1540 g/mol. The molecule has 4 aromatic heterocycles. The van der Waals surface area contributed by atoms with Gasteiger partial charge in [0, 0.05) is 67.7 Å². The van der Waals surface area contributed by atoms with Crippen molar-refractivity contribution in [3.05, 3.63) is 170 Å². The van der Waals surface area contributed by atoms with Gasteiger partial charge in [-0.15, -0.1) is 0 Å². The molecule has 32 nitrogen and oxygen atoms in total. The summed E-state index contributed by atoms with van der Waals surface area (Å²) in [5.74, 6) is 3.46. The Morgan fingerprint density at radius 1 is 0.417 bits per heavy atom. The zero-order valence-electron chi connectivity index (χ0n) is 61.5. The van der Waals surface area contributed by atoms with Gasteiger partial charge >= 0.3 is 12.4 Å². The minimum absolute atomic E-state index is 0.0505. The minimum atomic E-state index is -4.41. The molecule has 604 valence electrons. The number of nitrogens with zero attached hydrogens (tertiary/aromatic N) is 13. The number of rotatable bonds is 7. The van der Waals surface area contributed by atoms with E-state index in [2.05, 4.69) is 84.9 Å². The number of Topliss-reactive ketones (excluding diaryl/α,β-unsaturated/α-hetero) is 1. The summed E-state index contributed by atoms with van der Waals surface area (Å²) in [6.07, 6.45) is 4.43. The molecule has 6 aliphatic heterocycles. The number of benzene rings is 4. The van der Waals surface area contributed by atoms with E-state index in [9.17, 15) is 50.3 Å². The van der Waals surface area contributed by atoms with Crippen LogP contribution in [0, 0.1) is 0 Å². The highest BCUT2D eigenvalue weighted by Gasteiger charge is 2.43. The summed E-state index contributed by atoms with van der Waals surface area (Å²) in [5.41, 5.74) is 30.9. The number of hydrogen-bond donors (Lipinski definition) is 4. The van der Waals surface area contributed by atoms with Crippen molar-refractivity contribution >= 4 is 86.9 Å². The molecule has 4 aromatic carbocycles. The Morgan fingerprint density at radius 3 is 1.15 bits per heavy atom. The molecule has 2 spiro atoms. The number of ketones is 1. The fourth-order valence-electron chi connectivity index (χ4n) is 14.7. The Balaban J connectivity index is 0.000000123. The normalized spacial score (nSPS) is 18.6. The third kappa shape index (κ3) is 18.3. The molecule has 10 heterocycles. The number of ether oxygens (including phenoxy) is 8. The van der Waals surface area contributed by atoms with Crippen LogP contribution in [0.5, 0.6) is 23.5 Å². The van der Waals surface area contributed by atoms with Gasteiger partial charge in [-0.3, -0.25) is 28.8 Å². The van der Waals surface area contributed by atoms with Gasteiger partial charge in [-0.05, 0) is 125 Å². The zero-order chi connectivity index (χ0) is 80.8. The van der Waals surface area contributed by atoms with Crippen LogP contribution in [-0.2, 0) is 84.8 Å². The number of nitrogens with two attached hydrogens (primary N) is 4. The number of amides is 4. The van der Waals surface area contributed by atoms with Gasteiger partial charge < -0.3 is 79.5 Å². The van der Waals surface area contributed by atoms with E-state index in [1.54, 1.807) is 25.7 Å². The molecule has 4 aliphatic carbocycles. The lowest BCUT2D eigenvalue weighted by molar-refractivity contribution is -0.175. The molecule has 0 unspecified atom stereocenters. The number of carbonyl (C=O) groups excluding carboxylic acids is 5. The smallest absolute Gasteiger partial charge is 0.425 e. The van der Waals surface area contributed by atoms with Crippen molar-refractivity contribution in [1.29, 1.82) is 0 Å². The third-order valence-corrected chi connectivity index (χ3v) is 20.5. The highest BCUT2D eigenvalue weighted by atomic mass is 35.5. The van der Waals surface area contributed by atoms with E-state index in [1.807, 2.05) is 42.5 Å². The predicted octanol–water partition coefficient (Wildman–Crippen LogP) is 7.85. The summed E-state index contributed by atoms with van der Waals surface area (Å²) in [6, 6.07) is 23.4. The van der Waals surface area contributed by atoms with Crippen LogP contribution in [0.3, 0.4) is 0 Å². The third-order valence-electron chi connectivity index (χ3n) is 20.3. The summed E-state index contributed by atoms with van der Waals surface area (Å²) in [5, 5.41) is 3.73. The SMILES string of the molecule is NOCC(F)(F)F.Nc1ncnc2c1C(=O)N(c1ccc3c(c1)CC/C(=N\OCC(F)(F)F)C3)CCO2.Nc1ncnc2c1C(=O)N(c1ccc3c(c1)CCC(=O)C3)CCO2.Nc1ncnc2c1C(=O)N(c1ccc3c(c1)CCC1(C3)OCCO1)CCO2.O=C1c2c(Cl)ncnc2OCCN1c1ccc2c(c1)CCC1(C2)OCCO1. The first-order valence-electron chi connectivity index (χ1n) is 36.6. The van der Waals surface area contributed by atoms with E-state index in [4.69, 9.17) is 66.7 Å². The molecule has 0 bridgehead atoms. The van der Waals surface area contributed by atoms with Gasteiger partial charge in [0.1, 0.15) is 102 Å². The van der Waals surface area contributed by atoms with Gasteiger partial charge in [0.05, 0.1) is 58.3 Å². The van der Waals surface area contributed by atoms with Crippen LogP contribution in [0.2, 0.25) is 5.15 Å². The lowest BCUT2D eigenvalue weighted by atomic mass is 9.87. The molecule has 10 aliphatic rings.